The van der Waals surface area contributed by atoms with Gasteiger partial charge >= 0.3 is 12.3 Å². The van der Waals surface area contributed by atoms with Crippen molar-refractivity contribution in [3.05, 3.63) is 17.5 Å². The van der Waals surface area contributed by atoms with Gasteiger partial charge in [0.1, 0.15) is 5.60 Å². The van der Waals surface area contributed by atoms with Crippen molar-refractivity contribution in [2.45, 2.75) is 58.9 Å². The highest BCUT2D eigenvalue weighted by Gasteiger charge is 2.39. The number of rotatable bonds is 3. The molecule has 29 heavy (non-hydrogen) atoms. The first-order chi connectivity index (χ1) is 13.3. The van der Waals surface area contributed by atoms with Crippen molar-refractivity contribution in [2.24, 2.45) is 5.92 Å². The van der Waals surface area contributed by atoms with E-state index in [-0.39, 0.29) is 43.1 Å². The van der Waals surface area contributed by atoms with Gasteiger partial charge in [0.2, 0.25) is 5.95 Å². The van der Waals surface area contributed by atoms with Gasteiger partial charge in [-0.05, 0) is 26.7 Å². The maximum atomic E-state index is 13.4. The third kappa shape index (κ3) is 5.71. The summed E-state index contributed by atoms with van der Waals surface area (Å²) in [6.45, 7) is 10.0. The predicted octanol–water partition coefficient (Wildman–Crippen LogP) is 3.64. The molecule has 0 spiro atoms. The van der Waals surface area contributed by atoms with E-state index in [0.29, 0.717) is 0 Å². The van der Waals surface area contributed by atoms with Crippen LogP contribution in [0.1, 0.15) is 45.9 Å². The highest BCUT2D eigenvalue weighted by molar-refractivity contribution is 5.68. The van der Waals surface area contributed by atoms with Gasteiger partial charge in [-0.3, -0.25) is 0 Å². The Morgan fingerprint density at radius 2 is 2.00 bits per heavy atom. The number of nitrogens with zero attached hydrogens (tertiary/aromatic N) is 5. The average molecular weight is 413 g/mol. The van der Waals surface area contributed by atoms with Crippen molar-refractivity contribution in [1.29, 1.82) is 5.26 Å². The van der Waals surface area contributed by atoms with Crippen LogP contribution in [0.25, 0.3) is 0 Å². The SMILES string of the molecule is CC(C)C1CN(C(=O)OC(C)(C)C)CCN1c1ncc(CC#N)c(C(F)(F)F)n1. The second kappa shape index (κ2) is 8.43. The number of piperazine rings is 1. The van der Waals surface area contributed by atoms with Gasteiger partial charge in [0.25, 0.3) is 0 Å². The number of hydrogen-bond donors (Lipinski definition) is 0. The molecular weight excluding hydrogens is 387 g/mol. The molecule has 2 rings (SSSR count). The van der Waals surface area contributed by atoms with E-state index in [9.17, 15) is 18.0 Å². The Bertz CT molecular complexity index is 784. The summed E-state index contributed by atoms with van der Waals surface area (Å²) in [5, 5.41) is 8.77. The average Bonchev–Trinajstić information content (AvgIpc) is 2.59. The Kier molecular flexibility index (Phi) is 6.60. The molecule has 1 aliphatic heterocycles. The van der Waals surface area contributed by atoms with E-state index in [4.69, 9.17) is 10.00 Å². The van der Waals surface area contributed by atoms with Gasteiger partial charge in [-0.25, -0.2) is 14.8 Å². The van der Waals surface area contributed by atoms with Crippen molar-refractivity contribution in [3.8, 4) is 6.07 Å². The molecule has 1 aromatic rings. The molecule has 0 radical (unpaired) electrons. The molecule has 0 bridgehead atoms. The lowest BCUT2D eigenvalue weighted by atomic mass is 10.00. The standard InChI is InChI=1S/C19H26F3N5O2/c1-12(2)14-11-26(17(28)29-18(3,4)5)8-9-27(14)16-24-10-13(6-7-23)15(25-16)19(20,21)22/h10,12,14H,6,8-9,11H2,1-5H3. The minimum absolute atomic E-state index is 0.0250. The maximum Gasteiger partial charge on any atom is 0.433 e. The van der Waals surface area contributed by atoms with Gasteiger partial charge in [0.15, 0.2) is 5.69 Å². The molecule has 1 amide bonds. The molecular formula is C19H26F3N5O2. The summed E-state index contributed by atoms with van der Waals surface area (Å²) in [7, 11) is 0. The lowest BCUT2D eigenvalue weighted by molar-refractivity contribution is -0.141. The molecule has 1 fully saturated rings. The number of aromatic nitrogens is 2. The highest BCUT2D eigenvalue weighted by Crippen LogP contribution is 2.32. The molecule has 0 aliphatic carbocycles. The van der Waals surface area contributed by atoms with Gasteiger partial charge in [-0.1, -0.05) is 13.8 Å². The summed E-state index contributed by atoms with van der Waals surface area (Å²) in [6.07, 6.45) is -4.50. The predicted molar refractivity (Wildman–Crippen MR) is 100 cm³/mol. The summed E-state index contributed by atoms with van der Waals surface area (Å²) in [4.78, 5) is 23.5. The van der Waals surface area contributed by atoms with Gasteiger partial charge in [0, 0.05) is 31.4 Å². The Balaban J connectivity index is 2.31. The molecule has 2 heterocycles. The zero-order chi connectivity index (χ0) is 22.0. The zero-order valence-electron chi connectivity index (χ0n) is 17.2. The van der Waals surface area contributed by atoms with E-state index in [1.807, 2.05) is 13.8 Å². The van der Waals surface area contributed by atoms with Crippen molar-refractivity contribution >= 4 is 12.0 Å². The minimum Gasteiger partial charge on any atom is -0.444 e. The Morgan fingerprint density at radius 1 is 1.34 bits per heavy atom. The maximum absolute atomic E-state index is 13.4. The van der Waals surface area contributed by atoms with Crippen LogP contribution in [0.15, 0.2) is 6.20 Å². The van der Waals surface area contributed by atoms with E-state index >= 15 is 0 Å². The van der Waals surface area contributed by atoms with Gasteiger partial charge in [0.05, 0.1) is 18.5 Å². The molecule has 7 nitrogen and oxygen atoms in total. The van der Waals surface area contributed by atoms with Crippen molar-refractivity contribution in [1.82, 2.24) is 14.9 Å². The minimum atomic E-state index is -4.68. The molecule has 1 aliphatic rings. The van der Waals surface area contributed by atoms with Crippen LogP contribution in [-0.2, 0) is 17.3 Å². The van der Waals surface area contributed by atoms with Crippen LogP contribution < -0.4 is 4.90 Å². The summed E-state index contributed by atoms with van der Waals surface area (Å²) in [5.41, 5.74) is -1.98. The van der Waals surface area contributed by atoms with E-state index in [2.05, 4.69) is 9.97 Å². The molecule has 0 saturated carbocycles. The first-order valence-electron chi connectivity index (χ1n) is 9.38. The number of carbonyl (C=O) groups excluding carboxylic acids is 1. The van der Waals surface area contributed by atoms with Crippen LogP contribution in [0.3, 0.4) is 0 Å². The van der Waals surface area contributed by atoms with Crippen LogP contribution >= 0.6 is 0 Å². The van der Waals surface area contributed by atoms with E-state index in [1.165, 1.54) is 0 Å². The fourth-order valence-electron chi connectivity index (χ4n) is 3.12. The van der Waals surface area contributed by atoms with Crippen molar-refractivity contribution in [2.75, 3.05) is 24.5 Å². The van der Waals surface area contributed by atoms with Crippen molar-refractivity contribution in [3.63, 3.8) is 0 Å². The molecule has 1 unspecified atom stereocenters. The fraction of sp³-hybridized carbons (Fsp3) is 0.684. The largest absolute Gasteiger partial charge is 0.444 e. The number of nitriles is 1. The normalized spacial score (nSPS) is 18.0. The quantitative estimate of drug-likeness (QED) is 0.752. The van der Waals surface area contributed by atoms with Gasteiger partial charge in [-0.2, -0.15) is 18.4 Å². The number of carbonyl (C=O) groups is 1. The molecule has 0 N–H and O–H groups in total. The third-order valence-electron chi connectivity index (χ3n) is 4.49. The molecule has 1 aromatic heterocycles. The first-order valence-corrected chi connectivity index (χ1v) is 9.38. The molecule has 1 saturated heterocycles. The number of halogens is 3. The lowest BCUT2D eigenvalue weighted by Crippen LogP contribution is -2.58. The van der Waals surface area contributed by atoms with Crippen LogP contribution in [0.5, 0.6) is 0 Å². The smallest absolute Gasteiger partial charge is 0.433 e. The third-order valence-corrected chi connectivity index (χ3v) is 4.49. The molecule has 160 valence electrons. The van der Waals surface area contributed by atoms with Crippen molar-refractivity contribution < 1.29 is 22.7 Å². The monoisotopic (exact) mass is 413 g/mol. The van der Waals surface area contributed by atoms with E-state index in [0.717, 1.165) is 6.20 Å². The van der Waals surface area contributed by atoms with Crippen LogP contribution in [0, 0.1) is 17.2 Å². The molecule has 1 atom stereocenters. The van der Waals surface area contributed by atoms with Gasteiger partial charge in [-0.15, -0.1) is 0 Å². The summed E-state index contributed by atoms with van der Waals surface area (Å²) in [6, 6.07) is 1.43. The summed E-state index contributed by atoms with van der Waals surface area (Å²) < 4.78 is 45.6. The second-order valence-electron chi connectivity index (χ2n) is 8.31. The van der Waals surface area contributed by atoms with Crippen LogP contribution in [0.2, 0.25) is 0 Å². The van der Waals surface area contributed by atoms with E-state index in [1.54, 1.807) is 36.6 Å². The topological polar surface area (TPSA) is 82.4 Å². The number of alkyl halides is 3. The lowest BCUT2D eigenvalue weighted by Gasteiger charge is -2.43. The van der Waals surface area contributed by atoms with E-state index < -0.39 is 30.0 Å². The summed E-state index contributed by atoms with van der Waals surface area (Å²) in [5.74, 6) is -0.0292. The molecule has 10 heteroatoms. The Hall–Kier alpha value is -2.57. The fourth-order valence-corrected chi connectivity index (χ4v) is 3.12. The zero-order valence-corrected chi connectivity index (χ0v) is 17.2. The van der Waals surface area contributed by atoms with Crippen LogP contribution in [-0.4, -0.2) is 52.2 Å². The Labute approximate surface area is 168 Å². The molecule has 0 aromatic carbocycles. The number of anilines is 1. The van der Waals surface area contributed by atoms with Crippen LogP contribution in [0.4, 0.5) is 23.9 Å². The first kappa shape index (κ1) is 22.7. The highest BCUT2D eigenvalue weighted by atomic mass is 19.4. The number of ether oxygens (including phenoxy) is 1. The van der Waals surface area contributed by atoms with Gasteiger partial charge < -0.3 is 14.5 Å². The number of hydrogen-bond acceptors (Lipinski definition) is 6. The second-order valence-corrected chi connectivity index (χ2v) is 8.31. The Morgan fingerprint density at radius 3 is 2.52 bits per heavy atom. The summed E-state index contributed by atoms with van der Waals surface area (Å²) >= 11 is 0. The number of amides is 1.